The predicted octanol–water partition coefficient (Wildman–Crippen LogP) is 2.94. The molecule has 2 heterocycles. The van der Waals surface area contributed by atoms with Crippen LogP contribution < -0.4 is 15.4 Å². The van der Waals surface area contributed by atoms with Crippen molar-refractivity contribution in [2.45, 2.75) is 20.0 Å². The van der Waals surface area contributed by atoms with E-state index >= 15 is 0 Å². The normalized spacial score (nSPS) is 11.7. The van der Waals surface area contributed by atoms with Crippen molar-refractivity contribution in [3.63, 3.8) is 0 Å². The number of aryl methyl sites for hydroxylation is 1. The van der Waals surface area contributed by atoms with Crippen LogP contribution in [-0.4, -0.2) is 33.8 Å². The molecule has 0 aliphatic heterocycles. The van der Waals surface area contributed by atoms with Crippen molar-refractivity contribution in [3.05, 3.63) is 65.0 Å². The summed E-state index contributed by atoms with van der Waals surface area (Å²) in [6, 6.07) is 7.60. The van der Waals surface area contributed by atoms with Crippen molar-refractivity contribution in [1.29, 1.82) is 0 Å². The molecule has 2 amide bonds. The Morgan fingerprint density at radius 3 is 2.61 bits per heavy atom. The van der Waals surface area contributed by atoms with Crippen LogP contribution in [0.3, 0.4) is 0 Å². The molecule has 0 bridgehead atoms. The smallest absolute Gasteiger partial charge is 0.274 e. The van der Waals surface area contributed by atoms with Crippen molar-refractivity contribution in [2.75, 3.05) is 12.4 Å². The van der Waals surface area contributed by atoms with E-state index in [0.29, 0.717) is 5.56 Å². The molecule has 0 saturated carbocycles. The third-order valence-electron chi connectivity index (χ3n) is 4.06. The average Bonchev–Trinajstić information content (AvgIpc) is 3.27. The SMILES string of the molecule is CNC(=O)c1[nH]c(C(=O)Nc2ncc(C)[nH]2)cc1O[C@@H](C)c1ccccc1F. The van der Waals surface area contributed by atoms with E-state index in [1.165, 1.54) is 19.2 Å². The Balaban J connectivity index is 1.86. The standard InChI is InChI=1S/C19H20FN5O3/c1-10-9-22-19(23-10)25-17(26)14-8-15(16(24-14)18(27)21-3)28-11(2)12-6-4-5-7-13(12)20/h4-9,11,24H,1-3H3,(H,21,27)(H2,22,23,25,26)/t11-/m0/s1. The maximum Gasteiger partial charge on any atom is 0.274 e. The van der Waals surface area contributed by atoms with Gasteiger partial charge in [-0.05, 0) is 19.9 Å². The van der Waals surface area contributed by atoms with Gasteiger partial charge in [-0.1, -0.05) is 18.2 Å². The number of hydrogen-bond donors (Lipinski definition) is 4. The summed E-state index contributed by atoms with van der Waals surface area (Å²) in [6.07, 6.45) is 0.897. The van der Waals surface area contributed by atoms with Crippen molar-refractivity contribution in [1.82, 2.24) is 20.3 Å². The molecule has 0 aliphatic rings. The highest BCUT2D eigenvalue weighted by molar-refractivity contribution is 6.04. The van der Waals surface area contributed by atoms with E-state index in [-0.39, 0.29) is 23.1 Å². The van der Waals surface area contributed by atoms with Crippen molar-refractivity contribution >= 4 is 17.8 Å². The number of carbonyl (C=O) groups is 2. The molecular formula is C19H20FN5O3. The monoisotopic (exact) mass is 385 g/mol. The Hall–Kier alpha value is -3.62. The van der Waals surface area contributed by atoms with Crippen molar-refractivity contribution in [2.24, 2.45) is 0 Å². The number of imidazole rings is 1. The first-order valence-electron chi connectivity index (χ1n) is 8.58. The van der Waals surface area contributed by atoms with Crippen LogP contribution in [0.25, 0.3) is 0 Å². The third-order valence-corrected chi connectivity index (χ3v) is 4.06. The topological polar surface area (TPSA) is 112 Å². The van der Waals surface area contributed by atoms with Crippen LogP contribution in [-0.2, 0) is 0 Å². The Morgan fingerprint density at radius 1 is 1.21 bits per heavy atom. The molecule has 9 heteroatoms. The first-order chi connectivity index (χ1) is 13.4. The zero-order valence-corrected chi connectivity index (χ0v) is 15.6. The maximum atomic E-state index is 14.0. The molecule has 0 spiro atoms. The highest BCUT2D eigenvalue weighted by atomic mass is 19.1. The molecule has 3 aromatic rings. The maximum absolute atomic E-state index is 14.0. The van der Waals surface area contributed by atoms with Crippen LogP contribution in [0.1, 0.15) is 45.3 Å². The van der Waals surface area contributed by atoms with Gasteiger partial charge in [-0.2, -0.15) is 0 Å². The molecule has 1 aromatic carbocycles. The number of carbonyl (C=O) groups excluding carboxylic acids is 2. The molecule has 4 N–H and O–H groups in total. The number of nitrogens with one attached hydrogen (secondary N) is 4. The van der Waals surface area contributed by atoms with E-state index in [9.17, 15) is 14.0 Å². The largest absolute Gasteiger partial charge is 0.483 e. The molecule has 0 saturated heterocycles. The highest BCUT2D eigenvalue weighted by Gasteiger charge is 2.22. The van der Waals surface area contributed by atoms with Gasteiger partial charge in [0.25, 0.3) is 11.8 Å². The molecule has 0 radical (unpaired) electrons. The van der Waals surface area contributed by atoms with Gasteiger partial charge in [0, 0.05) is 30.6 Å². The fraction of sp³-hybridized carbons (Fsp3) is 0.211. The molecule has 0 unspecified atom stereocenters. The van der Waals surface area contributed by atoms with E-state index in [0.717, 1.165) is 5.69 Å². The third kappa shape index (κ3) is 4.03. The second-order valence-corrected chi connectivity index (χ2v) is 6.15. The fourth-order valence-corrected chi connectivity index (χ4v) is 2.65. The molecule has 0 fully saturated rings. The van der Waals surface area contributed by atoms with E-state index in [1.807, 2.05) is 0 Å². The number of aromatic amines is 2. The number of ether oxygens (including phenoxy) is 1. The number of aromatic nitrogens is 3. The number of nitrogens with zero attached hydrogens (tertiary/aromatic N) is 1. The Kier molecular flexibility index (Phi) is 5.44. The van der Waals surface area contributed by atoms with E-state index in [1.54, 1.807) is 38.2 Å². The van der Waals surface area contributed by atoms with Gasteiger partial charge in [0.05, 0.1) is 0 Å². The van der Waals surface area contributed by atoms with E-state index in [2.05, 4.69) is 25.6 Å². The van der Waals surface area contributed by atoms with Gasteiger partial charge in [-0.15, -0.1) is 0 Å². The number of H-pyrrole nitrogens is 2. The Bertz CT molecular complexity index is 1010. The van der Waals surface area contributed by atoms with Gasteiger partial charge in [0.2, 0.25) is 5.95 Å². The minimum Gasteiger partial charge on any atom is -0.483 e. The Morgan fingerprint density at radius 2 is 1.96 bits per heavy atom. The van der Waals surface area contributed by atoms with Gasteiger partial charge < -0.3 is 20.0 Å². The van der Waals surface area contributed by atoms with Gasteiger partial charge in [-0.3, -0.25) is 14.9 Å². The van der Waals surface area contributed by atoms with Crippen LogP contribution in [0.15, 0.2) is 36.5 Å². The fourth-order valence-electron chi connectivity index (χ4n) is 2.65. The molecule has 8 nitrogen and oxygen atoms in total. The molecular weight excluding hydrogens is 365 g/mol. The van der Waals surface area contributed by atoms with Gasteiger partial charge >= 0.3 is 0 Å². The van der Waals surface area contributed by atoms with Gasteiger partial charge in [0.15, 0.2) is 5.75 Å². The number of rotatable bonds is 6. The van der Waals surface area contributed by atoms with Crippen LogP contribution in [0.5, 0.6) is 5.75 Å². The van der Waals surface area contributed by atoms with Crippen LogP contribution in [0.4, 0.5) is 10.3 Å². The average molecular weight is 385 g/mol. The molecule has 3 rings (SSSR count). The first-order valence-corrected chi connectivity index (χ1v) is 8.58. The zero-order chi connectivity index (χ0) is 20.3. The highest BCUT2D eigenvalue weighted by Crippen LogP contribution is 2.28. The zero-order valence-electron chi connectivity index (χ0n) is 15.6. The minimum atomic E-state index is -0.677. The van der Waals surface area contributed by atoms with E-state index in [4.69, 9.17) is 4.74 Å². The van der Waals surface area contributed by atoms with E-state index < -0.39 is 23.7 Å². The van der Waals surface area contributed by atoms with Gasteiger partial charge in [-0.25, -0.2) is 9.37 Å². The number of amides is 2. The lowest BCUT2D eigenvalue weighted by atomic mass is 10.1. The minimum absolute atomic E-state index is 0.0615. The molecule has 2 aromatic heterocycles. The summed E-state index contributed by atoms with van der Waals surface area (Å²) in [5.41, 5.74) is 1.29. The molecule has 28 heavy (non-hydrogen) atoms. The van der Waals surface area contributed by atoms with Crippen molar-refractivity contribution < 1.29 is 18.7 Å². The number of halogens is 1. The second kappa shape index (κ2) is 7.95. The second-order valence-electron chi connectivity index (χ2n) is 6.15. The lowest BCUT2D eigenvalue weighted by Gasteiger charge is -2.15. The number of anilines is 1. The Labute approximate surface area is 160 Å². The summed E-state index contributed by atoms with van der Waals surface area (Å²) < 4.78 is 19.8. The summed E-state index contributed by atoms with van der Waals surface area (Å²) in [7, 11) is 1.46. The van der Waals surface area contributed by atoms with Crippen LogP contribution in [0, 0.1) is 12.7 Å². The quantitative estimate of drug-likeness (QED) is 0.523. The predicted molar refractivity (Wildman–Crippen MR) is 101 cm³/mol. The lowest BCUT2D eigenvalue weighted by Crippen LogP contribution is -2.20. The molecule has 1 atom stereocenters. The lowest BCUT2D eigenvalue weighted by molar-refractivity contribution is 0.0952. The van der Waals surface area contributed by atoms with Crippen LogP contribution >= 0.6 is 0 Å². The van der Waals surface area contributed by atoms with Crippen molar-refractivity contribution in [3.8, 4) is 5.75 Å². The summed E-state index contributed by atoms with van der Waals surface area (Å²) in [6.45, 7) is 3.46. The van der Waals surface area contributed by atoms with Crippen LogP contribution in [0.2, 0.25) is 0 Å². The summed E-state index contributed by atoms with van der Waals surface area (Å²) >= 11 is 0. The summed E-state index contributed by atoms with van der Waals surface area (Å²) in [5.74, 6) is -0.980. The number of hydrogen-bond acceptors (Lipinski definition) is 4. The summed E-state index contributed by atoms with van der Waals surface area (Å²) in [4.78, 5) is 34.3. The van der Waals surface area contributed by atoms with Gasteiger partial charge in [0.1, 0.15) is 23.3 Å². The molecule has 0 aliphatic carbocycles. The molecule has 146 valence electrons. The number of benzene rings is 1. The first kappa shape index (κ1) is 19.2. The summed E-state index contributed by atoms with van der Waals surface area (Å²) in [5, 5.41) is 5.06.